The lowest BCUT2D eigenvalue weighted by Gasteiger charge is -2.09. The smallest absolute Gasteiger partial charge is 0.261 e. The highest BCUT2D eigenvalue weighted by molar-refractivity contribution is 7.92. The number of ketones is 1. The standard InChI is InChI=1S/C15H15NO4S/c1-2-15(18)11-5-3-8-14(9-11)21(19,20)16-12-6-4-7-13(17)10-12/h3-10,16-17H,2H2,1H3. The molecule has 6 heteroatoms. The summed E-state index contributed by atoms with van der Waals surface area (Å²) >= 11 is 0. The maximum Gasteiger partial charge on any atom is 0.261 e. The molecule has 0 heterocycles. The number of Topliss-reactive ketones (excluding diaryl/α,β-unsaturated/α-hetero) is 1. The first kappa shape index (κ1) is 15.1. The van der Waals surface area contributed by atoms with Crippen LogP contribution in [-0.4, -0.2) is 19.3 Å². The summed E-state index contributed by atoms with van der Waals surface area (Å²) in [4.78, 5) is 11.7. The van der Waals surface area contributed by atoms with Crippen molar-refractivity contribution in [3.05, 3.63) is 54.1 Å². The van der Waals surface area contributed by atoms with E-state index < -0.39 is 10.0 Å². The Hall–Kier alpha value is -2.34. The molecule has 0 atom stereocenters. The highest BCUT2D eigenvalue weighted by Crippen LogP contribution is 2.20. The van der Waals surface area contributed by atoms with Gasteiger partial charge in [0, 0.05) is 18.1 Å². The zero-order valence-electron chi connectivity index (χ0n) is 11.4. The van der Waals surface area contributed by atoms with Gasteiger partial charge in [-0.3, -0.25) is 9.52 Å². The molecule has 0 spiro atoms. The van der Waals surface area contributed by atoms with E-state index in [1.165, 1.54) is 42.5 Å². The lowest BCUT2D eigenvalue weighted by atomic mass is 10.1. The molecule has 21 heavy (non-hydrogen) atoms. The van der Waals surface area contributed by atoms with Crippen molar-refractivity contribution in [2.45, 2.75) is 18.2 Å². The monoisotopic (exact) mass is 305 g/mol. The van der Waals surface area contributed by atoms with Crippen LogP contribution in [0.5, 0.6) is 5.75 Å². The van der Waals surface area contributed by atoms with Gasteiger partial charge in [-0.1, -0.05) is 25.1 Å². The van der Waals surface area contributed by atoms with Gasteiger partial charge in [0.05, 0.1) is 10.6 Å². The number of rotatable bonds is 5. The van der Waals surface area contributed by atoms with Crippen LogP contribution >= 0.6 is 0 Å². The molecule has 110 valence electrons. The topological polar surface area (TPSA) is 83.5 Å². The molecule has 2 aromatic rings. The van der Waals surface area contributed by atoms with Crippen LogP contribution in [0.15, 0.2) is 53.4 Å². The second kappa shape index (κ2) is 5.97. The second-order valence-corrected chi connectivity index (χ2v) is 6.14. The van der Waals surface area contributed by atoms with E-state index in [2.05, 4.69) is 4.72 Å². The van der Waals surface area contributed by atoms with E-state index >= 15 is 0 Å². The first-order valence-electron chi connectivity index (χ1n) is 6.37. The van der Waals surface area contributed by atoms with E-state index in [0.717, 1.165) is 0 Å². The minimum Gasteiger partial charge on any atom is -0.508 e. The highest BCUT2D eigenvalue weighted by Gasteiger charge is 2.16. The van der Waals surface area contributed by atoms with Gasteiger partial charge in [-0.15, -0.1) is 0 Å². The molecule has 5 nitrogen and oxygen atoms in total. The van der Waals surface area contributed by atoms with Crippen molar-refractivity contribution in [3.8, 4) is 5.75 Å². The number of phenolic OH excluding ortho intramolecular Hbond substituents is 1. The zero-order valence-corrected chi connectivity index (χ0v) is 12.2. The van der Waals surface area contributed by atoms with E-state index in [1.807, 2.05) is 0 Å². The number of sulfonamides is 1. The molecule has 0 bridgehead atoms. The number of hydrogen-bond donors (Lipinski definition) is 2. The summed E-state index contributed by atoms with van der Waals surface area (Å²) in [7, 11) is -3.81. The number of anilines is 1. The minimum absolute atomic E-state index is 0.00476. The van der Waals surface area contributed by atoms with E-state index in [9.17, 15) is 18.3 Å². The van der Waals surface area contributed by atoms with Gasteiger partial charge < -0.3 is 5.11 Å². The molecule has 2 rings (SSSR count). The van der Waals surface area contributed by atoms with Crippen molar-refractivity contribution in [3.63, 3.8) is 0 Å². The molecular formula is C15H15NO4S. The predicted octanol–water partition coefficient (Wildman–Crippen LogP) is 2.79. The van der Waals surface area contributed by atoms with E-state index in [-0.39, 0.29) is 22.1 Å². The molecule has 2 aromatic carbocycles. The molecule has 2 N–H and O–H groups in total. The van der Waals surface area contributed by atoms with Crippen molar-refractivity contribution in [2.75, 3.05) is 4.72 Å². The molecule has 0 saturated carbocycles. The number of benzene rings is 2. The molecule has 0 aliphatic carbocycles. The average Bonchev–Trinajstić information content (AvgIpc) is 2.46. The first-order valence-corrected chi connectivity index (χ1v) is 7.86. The normalized spacial score (nSPS) is 11.1. The van der Waals surface area contributed by atoms with Gasteiger partial charge in [-0.05, 0) is 24.3 Å². The fourth-order valence-electron chi connectivity index (χ4n) is 1.82. The number of nitrogens with one attached hydrogen (secondary N) is 1. The maximum absolute atomic E-state index is 12.3. The van der Waals surface area contributed by atoms with Crippen LogP contribution in [0.3, 0.4) is 0 Å². The number of aromatic hydroxyl groups is 1. The third kappa shape index (κ3) is 3.61. The minimum atomic E-state index is -3.81. The summed E-state index contributed by atoms with van der Waals surface area (Å²) in [5.74, 6) is -0.158. The summed E-state index contributed by atoms with van der Waals surface area (Å²) in [5.41, 5.74) is 0.610. The van der Waals surface area contributed by atoms with Gasteiger partial charge in [-0.2, -0.15) is 0 Å². The van der Waals surface area contributed by atoms with Gasteiger partial charge in [0.2, 0.25) is 0 Å². The predicted molar refractivity (Wildman–Crippen MR) is 80.0 cm³/mol. The Labute approximate surface area is 123 Å². The van der Waals surface area contributed by atoms with Crippen molar-refractivity contribution in [1.82, 2.24) is 0 Å². The van der Waals surface area contributed by atoms with Gasteiger partial charge >= 0.3 is 0 Å². The van der Waals surface area contributed by atoms with Crippen LogP contribution in [0.4, 0.5) is 5.69 Å². The summed E-state index contributed by atoms with van der Waals surface area (Å²) in [6.45, 7) is 1.72. The summed E-state index contributed by atoms with van der Waals surface area (Å²) in [6.07, 6.45) is 0.309. The summed E-state index contributed by atoms with van der Waals surface area (Å²) < 4.78 is 26.9. The fourth-order valence-corrected chi connectivity index (χ4v) is 2.92. The first-order chi connectivity index (χ1) is 9.92. The Morgan fingerprint density at radius 1 is 1.14 bits per heavy atom. The Kier molecular flexibility index (Phi) is 4.28. The molecular weight excluding hydrogens is 290 g/mol. The zero-order chi connectivity index (χ0) is 15.5. The Balaban J connectivity index is 2.33. The van der Waals surface area contributed by atoms with E-state index in [0.29, 0.717) is 12.0 Å². The number of carbonyl (C=O) groups is 1. The van der Waals surface area contributed by atoms with Gasteiger partial charge in [0.15, 0.2) is 5.78 Å². The molecule has 0 aliphatic rings. The molecule has 0 aromatic heterocycles. The highest BCUT2D eigenvalue weighted by atomic mass is 32.2. The molecule has 0 amide bonds. The van der Waals surface area contributed by atoms with Crippen molar-refractivity contribution < 1.29 is 18.3 Å². The Morgan fingerprint density at radius 3 is 2.52 bits per heavy atom. The Morgan fingerprint density at radius 2 is 1.86 bits per heavy atom. The molecule has 0 unspecified atom stereocenters. The van der Waals surface area contributed by atoms with Crippen LogP contribution in [0.1, 0.15) is 23.7 Å². The van der Waals surface area contributed by atoms with Crippen LogP contribution in [0, 0.1) is 0 Å². The summed E-state index contributed by atoms with van der Waals surface area (Å²) in [5, 5.41) is 9.35. The van der Waals surface area contributed by atoms with Crippen LogP contribution in [0.25, 0.3) is 0 Å². The molecule has 0 saturated heterocycles. The molecule has 0 aliphatic heterocycles. The van der Waals surface area contributed by atoms with E-state index in [1.54, 1.807) is 13.0 Å². The van der Waals surface area contributed by atoms with Crippen molar-refractivity contribution >= 4 is 21.5 Å². The molecule has 0 radical (unpaired) electrons. The van der Waals surface area contributed by atoms with Crippen LogP contribution < -0.4 is 4.72 Å². The maximum atomic E-state index is 12.3. The quantitative estimate of drug-likeness (QED) is 0.832. The van der Waals surface area contributed by atoms with Crippen LogP contribution in [0.2, 0.25) is 0 Å². The SMILES string of the molecule is CCC(=O)c1cccc(S(=O)(=O)Nc2cccc(O)c2)c1. The number of phenols is 1. The lowest BCUT2D eigenvalue weighted by molar-refractivity contribution is 0.0988. The average molecular weight is 305 g/mol. The second-order valence-electron chi connectivity index (χ2n) is 4.46. The van der Waals surface area contributed by atoms with E-state index in [4.69, 9.17) is 0 Å². The summed E-state index contributed by atoms with van der Waals surface area (Å²) in [6, 6.07) is 11.7. The van der Waals surface area contributed by atoms with Gasteiger partial charge in [0.1, 0.15) is 5.75 Å². The lowest BCUT2D eigenvalue weighted by Crippen LogP contribution is -2.13. The van der Waals surface area contributed by atoms with Crippen LogP contribution in [-0.2, 0) is 10.0 Å². The Bertz CT molecular complexity index is 769. The largest absolute Gasteiger partial charge is 0.508 e. The van der Waals surface area contributed by atoms with Gasteiger partial charge in [0.25, 0.3) is 10.0 Å². The van der Waals surface area contributed by atoms with Crippen molar-refractivity contribution in [2.24, 2.45) is 0 Å². The fraction of sp³-hybridized carbons (Fsp3) is 0.133. The number of hydrogen-bond acceptors (Lipinski definition) is 4. The van der Waals surface area contributed by atoms with Gasteiger partial charge in [-0.25, -0.2) is 8.42 Å². The number of carbonyl (C=O) groups excluding carboxylic acids is 1. The molecule has 0 fully saturated rings. The third-order valence-corrected chi connectivity index (χ3v) is 4.26. The third-order valence-electron chi connectivity index (χ3n) is 2.89. The van der Waals surface area contributed by atoms with Crippen molar-refractivity contribution in [1.29, 1.82) is 0 Å².